The van der Waals surface area contributed by atoms with E-state index in [1.165, 1.54) is 60.4 Å². The first-order chi connectivity index (χ1) is 27.5. The minimum atomic E-state index is -0.160. The molecule has 0 radical (unpaired) electrons. The van der Waals surface area contributed by atoms with Gasteiger partial charge in [0.15, 0.2) is 5.82 Å². The Hall–Kier alpha value is -7.10. The average Bonchev–Trinajstić information content (AvgIpc) is 3.71. The number of para-hydroxylation sites is 2. The van der Waals surface area contributed by atoms with Crippen LogP contribution in [0.4, 0.5) is 0 Å². The van der Waals surface area contributed by atoms with Crippen molar-refractivity contribution in [3.05, 3.63) is 199 Å². The van der Waals surface area contributed by atoms with Gasteiger partial charge in [0.2, 0.25) is 0 Å². The van der Waals surface area contributed by atoms with Crippen LogP contribution in [0, 0.1) is 0 Å². The Morgan fingerprint density at radius 3 is 1.82 bits per heavy atom. The lowest BCUT2D eigenvalue weighted by Gasteiger charge is -2.22. The van der Waals surface area contributed by atoms with E-state index in [2.05, 4.69) is 200 Å². The third-order valence-electron chi connectivity index (χ3n) is 11.8. The van der Waals surface area contributed by atoms with Gasteiger partial charge in [0.05, 0.1) is 22.4 Å². The predicted octanol–water partition coefficient (Wildman–Crippen LogP) is 13.7. The summed E-state index contributed by atoms with van der Waals surface area (Å²) >= 11 is 0. The fourth-order valence-electron chi connectivity index (χ4n) is 9.17. The number of fused-ring (bicyclic) bond motifs is 7. The summed E-state index contributed by atoms with van der Waals surface area (Å²) in [5, 5.41) is 4.96. The van der Waals surface area contributed by atoms with E-state index in [-0.39, 0.29) is 5.41 Å². The Labute approximate surface area is 326 Å². The Morgan fingerprint density at radius 2 is 1.02 bits per heavy atom. The lowest BCUT2D eigenvalue weighted by molar-refractivity contribution is 0.661. The van der Waals surface area contributed by atoms with Crippen molar-refractivity contribution in [1.82, 2.24) is 14.5 Å². The third-order valence-corrected chi connectivity index (χ3v) is 11.8. The highest BCUT2D eigenvalue weighted by Crippen LogP contribution is 2.53. The maximum atomic E-state index is 5.38. The zero-order valence-electron chi connectivity index (χ0n) is 31.2. The van der Waals surface area contributed by atoms with Crippen LogP contribution in [-0.2, 0) is 5.41 Å². The number of hydrogen-bond acceptors (Lipinski definition) is 2. The van der Waals surface area contributed by atoms with Gasteiger partial charge < -0.3 is 4.57 Å². The normalized spacial score (nSPS) is 13.0. The summed E-state index contributed by atoms with van der Waals surface area (Å²) < 4.78 is 2.38. The molecule has 8 aromatic carbocycles. The molecule has 3 nitrogen and oxygen atoms in total. The monoisotopic (exact) mass is 715 g/mol. The van der Waals surface area contributed by atoms with Crippen molar-refractivity contribution in [2.24, 2.45) is 0 Å². The van der Waals surface area contributed by atoms with Crippen molar-refractivity contribution < 1.29 is 0 Å². The first-order valence-electron chi connectivity index (χ1n) is 19.3. The standard InChI is InChI=1S/C53H37N3/c1-53(2)44-28-15-27-41(50(44)43-31-35-19-9-10-20-36(35)32-45(43)53)47-33-46(54-52(55-47)34-17-5-3-6-18-34)39-24-12-11-23-38(39)40-26-16-30-49-51(40)42-25-13-14-29-48(42)56(49)37-21-7-4-8-22-37/h3-33H,1-2H3. The van der Waals surface area contributed by atoms with Gasteiger partial charge in [0, 0.05) is 38.6 Å². The van der Waals surface area contributed by atoms with Crippen LogP contribution in [0.5, 0.6) is 0 Å². The molecule has 11 rings (SSSR count). The number of hydrogen-bond donors (Lipinski definition) is 0. The first kappa shape index (κ1) is 32.3. The SMILES string of the molecule is CC1(C)c2cc3ccccc3cc2-c2c(-c3cc(-c4ccccc4-c4cccc5c4c4ccccc4n5-c4ccccc4)nc(-c4ccccc4)n3)cccc21. The average molecular weight is 716 g/mol. The molecule has 264 valence electrons. The summed E-state index contributed by atoms with van der Waals surface area (Å²) in [5.41, 5.74) is 15.8. The molecule has 0 fully saturated rings. The van der Waals surface area contributed by atoms with E-state index in [0.29, 0.717) is 5.82 Å². The summed E-state index contributed by atoms with van der Waals surface area (Å²) in [4.78, 5) is 10.7. The molecule has 3 heteroatoms. The molecular formula is C53H37N3. The van der Waals surface area contributed by atoms with Gasteiger partial charge in [0.25, 0.3) is 0 Å². The molecule has 0 atom stereocenters. The van der Waals surface area contributed by atoms with Gasteiger partial charge in [-0.2, -0.15) is 0 Å². The van der Waals surface area contributed by atoms with Crippen LogP contribution in [0.3, 0.4) is 0 Å². The molecule has 0 aliphatic heterocycles. The van der Waals surface area contributed by atoms with Crippen molar-refractivity contribution in [3.63, 3.8) is 0 Å². The second kappa shape index (κ2) is 12.5. The van der Waals surface area contributed by atoms with Crippen LogP contribution in [0.25, 0.3) is 94.4 Å². The second-order valence-electron chi connectivity index (χ2n) is 15.4. The molecule has 0 amide bonds. The molecule has 0 N–H and O–H groups in total. The van der Waals surface area contributed by atoms with Crippen LogP contribution in [0.15, 0.2) is 188 Å². The maximum absolute atomic E-state index is 5.38. The summed E-state index contributed by atoms with van der Waals surface area (Å²) in [7, 11) is 0. The summed E-state index contributed by atoms with van der Waals surface area (Å²) in [6.07, 6.45) is 0. The van der Waals surface area contributed by atoms with Gasteiger partial charge in [-0.1, -0.05) is 159 Å². The smallest absolute Gasteiger partial charge is 0.160 e. The van der Waals surface area contributed by atoms with Crippen molar-refractivity contribution in [1.29, 1.82) is 0 Å². The van der Waals surface area contributed by atoms with Crippen molar-refractivity contribution >= 4 is 32.6 Å². The minimum absolute atomic E-state index is 0.160. The van der Waals surface area contributed by atoms with Crippen molar-refractivity contribution in [3.8, 4) is 61.8 Å². The Balaban J connectivity index is 1.16. The molecule has 2 heterocycles. The molecular weight excluding hydrogens is 679 g/mol. The van der Waals surface area contributed by atoms with Gasteiger partial charge >= 0.3 is 0 Å². The van der Waals surface area contributed by atoms with Gasteiger partial charge in [-0.15, -0.1) is 0 Å². The van der Waals surface area contributed by atoms with Crippen LogP contribution in [0.2, 0.25) is 0 Å². The quantitative estimate of drug-likeness (QED) is 0.178. The Kier molecular flexibility index (Phi) is 7.20. The van der Waals surface area contributed by atoms with E-state index < -0.39 is 0 Å². The topological polar surface area (TPSA) is 30.7 Å². The molecule has 0 bridgehead atoms. The van der Waals surface area contributed by atoms with E-state index in [9.17, 15) is 0 Å². The van der Waals surface area contributed by atoms with Crippen LogP contribution < -0.4 is 0 Å². The number of nitrogens with zero attached hydrogens (tertiary/aromatic N) is 3. The van der Waals surface area contributed by atoms with Crippen LogP contribution >= 0.6 is 0 Å². The highest BCUT2D eigenvalue weighted by atomic mass is 15.0. The largest absolute Gasteiger partial charge is 0.309 e. The van der Waals surface area contributed by atoms with Crippen molar-refractivity contribution in [2.75, 3.05) is 0 Å². The number of aromatic nitrogens is 3. The molecule has 0 spiro atoms. The lowest BCUT2D eigenvalue weighted by Crippen LogP contribution is -2.14. The van der Waals surface area contributed by atoms with Crippen LogP contribution in [-0.4, -0.2) is 14.5 Å². The van der Waals surface area contributed by atoms with Gasteiger partial charge in [-0.25, -0.2) is 9.97 Å². The lowest BCUT2D eigenvalue weighted by atomic mass is 9.81. The van der Waals surface area contributed by atoms with E-state index in [1.807, 2.05) is 6.07 Å². The maximum Gasteiger partial charge on any atom is 0.160 e. The molecule has 0 saturated carbocycles. The summed E-state index contributed by atoms with van der Waals surface area (Å²) in [6, 6.07) is 67.6. The van der Waals surface area contributed by atoms with E-state index in [1.54, 1.807) is 0 Å². The molecule has 10 aromatic rings. The fraction of sp³-hybridized carbons (Fsp3) is 0.0566. The third kappa shape index (κ3) is 4.91. The van der Waals surface area contributed by atoms with E-state index in [4.69, 9.17) is 9.97 Å². The van der Waals surface area contributed by atoms with Gasteiger partial charge in [0.1, 0.15) is 0 Å². The second-order valence-corrected chi connectivity index (χ2v) is 15.4. The minimum Gasteiger partial charge on any atom is -0.309 e. The number of rotatable bonds is 5. The zero-order valence-corrected chi connectivity index (χ0v) is 31.2. The van der Waals surface area contributed by atoms with E-state index >= 15 is 0 Å². The van der Waals surface area contributed by atoms with Crippen LogP contribution in [0.1, 0.15) is 25.0 Å². The highest BCUT2D eigenvalue weighted by molar-refractivity contribution is 6.16. The molecule has 1 aliphatic carbocycles. The fourth-order valence-corrected chi connectivity index (χ4v) is 9.17. The number of benzene rings is 8. The zero-order chi connectivity index (χ0) is 37.4. The molecule has 0 saturated heterocycles. The van der Waals surface area contributed by atoms with Gasteiger partial charge in [-0.05, 0) is 86.6 Å². The molecule has 0 unspecified atom stereocenters. The Morgan fingerprint density at radius 1 is 0.429 bits per heavy atom. The molecule has 56 heavy (non-hydrogen) atoms. The van der Waals surface area contributed by atoms with Gasteiger partial charge in [-0.3, -0.25) is 0 Å². The molecule has 1 aliphatic rings. The molecule has 2 aromatic heterocycles. The predicted molar refractivity (Wildman–Crippen MR) is 233 cm³/mol. The Bertz CT molecular complexity index is 3150. The summed E-state index contributed by atoms with van der Waals surface area (Å²) in [6.45, 7) is 4.70. The first-order valence-corrected chi connectivity index (χ1v) is 19.3. The highest BCUT2D eigenvalue weighted by Gasteiger charge is 2.37. The van der Waals surface area contributed by atoms with E-state index in [0.717, 1.165) is 39.3 Å². The summed E-state index contributed by atoms with van der Waals surface area (Å²) in [5.74, 6) is 0.709. The van der Waals surface area contributed by atoms with Crippen molar-refractivity contribution in [2.45, 2.75) is 19.3 Å².